The summed E-state index contributed by atoms with van der Waals surface area (Å²) in [5, 5.41) is 0.746. The van der Waals surface area contributed by atoms with Gasteiger partial charge in [0.1, 0.15) is 0 Å². The summed E-state index contributed by atoms with van der Waals surface area (Å²) in [6.45, 7) is 10.9. The Labute approximate surface area is 159 Å². The molecule has 2 heterocycles. The summed E-state index contributed by atoms with van der Waals surface area (Å²) in [6, 6.07) is 8.31. The second kappa shape index (κ2) is 7.27. The molecule has 1 aromatic carbocycles. The van der Waals surface area contributed by atoms with Crippen molar-refractivity contribution in [3.05, 3.63) is 40.3 Å². The molecule has 0 atom stereocenters. The first-order chi connectivity index (χ1) is 12.2. The third-order valence-corrected chi connectivity index (χ3v) is 5.72. The Bertz CT molecular complexity index is 767. The van der Waals surface area contributed by atoms with E-state index < -0.39 is 0 Å². The van der Waals surface area contributed by atoms with Crippen molar-refractivity contribution in [3.63, 3.8) is 0 Å². The second-order valence-corrected chi connectivity index (χ2v) is 8.68. The van der Waals surface area contributed by atoms with Crippen LogP contribution in [0.2, 0.25) is 0 Å². The number of amidine groups is 1. The van der Waals surface area contributed by atoms with E-state index >= 15 is 0 Å². The maximum atomic E-state index is 12.3. The van der Waals surface area contributed by atoms with Crippen LogP contribution >= 0.6 is 11.8 Å². The lowest BCUT2D eigenvalue weighted by atomic mass is 9.87. The van der Waals surface area contributed by atoms with Gasteiger partial charge in [-0.3, -0.25) is 9.59 Å². The fraction of sp³-hybridized carbons (Fsp3) is 0.450. The van der Waals surface area contributed by atoms with E-state index in [4.69, 9.17) is 0 Å². The minimum Gasteiger partial charge on any atom is -0.347 e. The number of benzene rings is 1. The molecule has 0 N–H and O–H groups in total. The van der Waals surface area contributed by atoms with E-state index in [1.807, 2.05) is 23.1 Å². The standard InChI is InChI=1S/C20H25N3O2S/c1-14(24)22-9-11-23(12-10-22)19-21-18(25)17(26-19)13-15-5-7-16(8-6-15)20(2,3)4/h5-8,13H,9-12H2,1-4H3. The van der Waals surface area contributed by atoms with E-state index in [2.05, 4.69) is 42.8 Å². The predicted octanol–water partition coefficient (Wildman–Crippen LogP) is 3.12. The molecule has 2 aliphatic heterocycles. The van der Waals surface area contributed by atoms with E-state index in [9.17, 15) is 9.59 Å². The van der Waals surface area contributed by atoms with Gasteiger partial charge < -0.3 is 9.80 Å². The zero-order valence-electron chi connectivity index (χ0n) is 15.8. The highest BCUT2D eigenvalue weighted by molar-refractivity contribution is 8.18. The lowest BCUT2D eigenvalue weighted by Crippen LogP contribution is -2.49. The molecule has 0 aromatic heterocycles. The minimum atomic E-state index is -0.182. The van der Waals surface area contributed by atoms with Crippen LogP contribution in [0.3, 0.4) is 0 Å². The third-order valence-electron chi connectivity index (χ3n) is 4.68. The Morgan fingerprint density at radius 3 is 2.27 bits per heavy atom. The topological polar surface area (TPSA) is 53.0 Å². The van der Waals surface area contributed by atoms with E-state index in [1.165, 1.54) is 17.3 Å². The maximum Gasteiger partial charge on any atom is 0.286 e. The van der Waals surface area contributed by atoms with Gasteiger partial charge in [-0.05, 0) is 34.4 Å². The molecule has 0 radical (unpaired) electrons. The van der Waals surface area contributed by atoms with E-state index in [1.54, 1.807) is 6.92 Å². The molecule has 6 heteroatoms. The number of hydrogen-bond donors (Lipinski definition) is 0. The summed E-state index contributed by atoms with van der Waals surface area (Å²) in [7, 11) is 0. The van der Waals surface area contributed by atoms with Gasteiger partial charge >= 0.3 is 0 Å². The molecule has 26 heavy (non-hydrogen) atoms. The van der Waals surface area contributed by atoms with Crippen LogP contribution in [-0.4, -0.2) is 53.0 Å². The van der Waals surface area contributed by atoms with Crippen LogP contribution in [0.1, 0.15) is 38.8 Å². The maximum absolute atomic E-state index is 12.3. The zero-order chi connectivity index (χ0) is 18.9. The van der Waals surface area contributed by atoms with Crippen LogP contribution in [0.4, 0.5) is 0 Å². The number of carbonyl (C=O) groups excluding carboxylic acids is 2. The number of piperazine rings is 1. The Morgan fingerprint density at radius 2 is 1.73 bits per heavy atom. The van der Waals surface area contributed by atoms with Crippen LogP contribution < -0.4 is 0 Å². The predicted molar refractivity (Wildman–Crippen MR) is 107 cm³/mol. The Kier molecular flexibility index (Phi) is 5.23. The van der Waals surface area contributed by atoms with Crippen molar-refractivity contribution in [2.75, 3.05) is 26.2 Å². The first kappa shape index (κ1) is 18.7. The molecular weight excluding hydrogens is 346 g/mol. The normalized spacial score (nSPS) is 19.9. The van der Waals surface area contributed by atoms with Crippen molar-refractivity contribution in [1.29, 1.82) is 0 Å². The van der Waals surface area contributed by atoms with Crippen LogP contribution in [0, 0.1) is 0 Å². The molecule has 0 saturated carbocycles. The average Bonchev–Trinajstić information content (AvgIpc) is 2.95. The first-order valence-corrected chi connectivity index (χ1v) is 9.69. The van der Waals surface area contributed by atoms with Gasteiger partial charge in [0.15, 0.2) is 5.17 Å². The van der Waals surface area contributed by atoms with Gasteiger partial charge in [-0.2, -0.15) is 4.99 Å². The van der Waals surface area contributed by atoms with Gasteiger partial charge in [0.2, 0.25) is 5.91 Å². The molecular formula is C20H25N3O2S. The summed E-state index contributed by atoms with van der Waals surface area (Å²) >= 11 is 1.42. The number of nitrogens with zero attached hydrogens (tertiary/aromatic N) is 3. The number of aliphatic imine (C=N–C) groups is 1. The van der Waals surface area contributed by atoms with Crippen LogP contribution in [-0.2, 0) is 15.0 Å². The lowest BCUT2D eigenvalue weighted by Gasteiger charge is -2.34. The van der Waals surface area contributed by atoms with Crippen LogP contribution in [0.15, 0.2) is 34.2 Å². The van der Waals surface area contributed by atoms with Gasteiger partial charge in [-0.25, -0.2) is 0 Å². The second-order valence-electron chi connectivity index (χ2n) is 7.68. The van der Waals surface area contributed by atoms with E-state index in [-0.39, 0.29) is 17.2 Å². The molecule has 2 amide bonds. The molecule has 3 rings (SSSR count). The number of carbonyl (C=O) groups is 2. The molecule has 138 valence electrons. The minimum absolute atomic E-state index is 0.0982. The third kappa shape index (κ3) is 4.18. The highest BCUT2D eigenvalue weighted by atomic mass is 32.2. The summed E-state index contributed by atoms with van der Waals surface area (Å²) in [4.78, 5) is 32.5. The lowest BCUT2D eigenvalue weighted by molar-refractivity contribution is -0.130. The SMILES string of the molecule is CC(=O)N1CCN(C2=NC(=O)C(=Cc3ccc(C(C)(C)C)cc3)S2)CC1. The summed E-state index contributed by atoms with van der Waals surface area (Å²) < 4.78 is 0. The molecule has 5 nitrogen and oxygen atoms in total. The fourth-order valence-corrected chi connectivity index (χ4v) is 3.94. The van der Waals surface area contributed by atoms with Crippen molar-refractivity contribution >= 4 is 34.8 Å². The number of rotatable bonds is 1. The van der Waals surface area contributed by atoms with Gasteiger partial charge in [0.25, 0.3) is 5.91 Å². The molecule has 0 aliphatic carbocycles. The van der Waals surface area contributed by atoms with Gasteiger partial charge in [-0.1, -0.05) is 45.0 Å². The summed E-state index contributed by atoms with van der Waals surface area (Å²) in [6.07, 6.45) is 1.90. The molecule has 0 unspecified atom stereocenters. The van der Waals surface area contributed by atoms with Gasteiger partial charge in [-0.15, -0.1) is 0 Å². The summed E-state index contributed by atoms with van der Waals surface area (Å²) in [5.74, 6) is -0.0834. The number of hydrogen-bond acceptors (Lipinski definition) is 4. The van der Waals surface area contributed by atoms with E-state index in [0.717, 1.165) is 10.7 Å². The van der Waals surface area contributed by atoms with Crippen LogP contribution in [0.25, 0.3) is 6.08 Å². The number of thioether (sulfide) groups is 1. The largest absolute Gasteiger partial charge is 0.347 e. The highest BCUT2D eigenvalue weighted by Crippen LogP contribution is 2.31. The van der Waals surface area contributed by atoms with Crippen molar-refractivity contribution in [3.8, 4) is 0 Å². The van der Waals surface area contributed by atoms with E-state index in [0.29, 0.717) is 31.1 Å². The molecule has 1 saturated heterocycles. The van der Waals surface area contributed by atoms with Gasteiger partial charge in [0, 0.05) is 33.1 Å². The molecule has 0 spiro atoms. The average molecular weight is 372 g/mol. The monoisotopic (exact) mass is 371 g/mol. The molecule has 2 aliphatic rings. The molecule has 0 bridgehead atoms. The Hall–Kier alpha value is -2.08. The molecule has 1 fully saturated rings. The quantitative estimate of drug-likeness (QED) is 0.712. The van der Waals surface area contributed by atoms with Gasteiger partial charge in [0.05, 0.1) is 4.91 Å². The molecule has 1 aromatic rings. The van der Waals surface area contributed by atoms with Crippen molar-refractivity contribution in [2.45, 2.75) is 33.1 Å². The van der Waals surface area contributed by atoms with Crippen molar-refractivity contribution in [2.24, 2.45) is 4.99 Å². The van der Waals surface area contributed by atoms with Crippen LogP contribution in [0.5, 0.6) is 0 Å². The first-order valence-electron chi connectivity index (χ1n) is 8.87. The zero-order valence-corrected chi connectivity index (χ0v) is 16.6. The Morgan fingerprint density at radius 1 is 1.12 bits per heavy atom. The highest BCUT2D eigenvalue weighted by Gasteiger charge is 2.28. The van der Waals surface area contributed by atoms with Crippen molar-refractivity contribution in [1.82, 2.24) is 9.80 Å². The van der Waals surface area contributed by atoms with Crippen molar-refractivity contribution < 1.29 is 9.59 Å². The summed E-state index contributed by atoms with van der Waals surface area (Å²) in [5.41, 5.74) is 2.39. The Balaban J connectivity index is 1.66. The smallest absolute Gasteiger partial charge is 0.286 e. The fourth-order valence-electron chi connectivity index (χ4n) is 2.98. The number of amides is 2.